The summed E-state index contributed by atoms with van der Waals surface area (Å²) in [4.78, 5) is 29.7. The molecule has 2 aliphatic rings. The third kappa shape index (κ3) is 9.87. The molecule has 2 aromatic carbocycles. The molecule has 4 rings (SSSR count). The second-order valence-corrected chi connectivity index (χ2v) is 12.4. The van der Waals surface area contributed by atoms with Crippen molar-refractivity contribution in [2.45, 2.75) is 87.6 Å². The van der Waals surface area contributed by atoms with Gasteiger partial charge in [-0.25, -0.2) is 0 Å². The van der Waals surface area contributed by atoms with Gasteiger partial charge in [0.05, 0.1) is 23.7 Å². The Morgan fingerprint density at radius 3 is 2.42 bits per heavy atom. The van der Waals surface area contributed by atoms with Crippen LogP contribution in [0.1, 0.15) is 73.4 Å². The van der Waals surface area contributed by atoms with Crippen LogP contribution in [0, 0.1) is 0 Å². The van der Waals surface area contributed by atoms with E-state index in [2.05, 4.69) is 57.4 Å². The zero-order valence-electron chi connectivity index (χ0n) is 25.1. The van der Waals surface area contributed by atoms with E-state index in [0.717, 1.165) is 75.7 Å². The van der Waals surface area contributed by atoms with E-state index in [-0.39, 0.29) is 36.1 Å². The summed E-state index contributed by atoms with van der Waals surface area (Å²) < 4.78 is 40.5. The number of nitrogens with zero attached hydrogens (tertiary/aromatic N) is 1. The smallest absolute Gasteiger partial charge is 0.382 e. The van der Waals surface area contributed by atoms with Gasteiger partial charge in [0.1, 0.15) is 0 Å². The summed E-state index contributed by atoms with van der Waals surface area (Å²) >= 11 is 1.69. The largest absolute Gasteiger partial charge is 0.416 e. The van der Waals surface area contributed by atoms with Crippen LogP contribution in [-0.2, 0) is 17.5 Å². The van der Waals surface area contributed by atoms with Gasteiger partial charge >= 0.3 is 6.18 Å². The molecule has 1 aliphatic carbocycles. The number of likely N-dealkylation sites (tertiary alicyclic amines) is 1. The average molecular weight is 620 g/mol. The second-order valence-electron chi connectivity index (χ2n) is 11.5. The zero-order chi connectivity index (χ0) is 30.8. The third-order valence-electron chi connectivity index (χ3n) is 8.28. The van der Waals surface area contributed by atoms with E-state index in [9.17, 15) is 22.8 Å². The second kappa shape index (κ2) is 15.8. The first kappa shape index (κ1) is 33.1. The highest BCUT2D eigenvalue weighted by Crippen LogP contribution is 2.33. The van der Waals surface area contributed by atoms with E-state index in [1.165, 1.54) is 11.0 Å². The summed E-state index contributed by atoms with van der Waals surface area (Å²) in [7, 11) is 0. The first-order valence-electron chi connectivity index (χ1n) is 15.3. The summed E-state index contributed by atoms with van der Waals surface area (Å²) in [6, 6.07) is 11.5. The molecule has 236 valence electrons. The number of alkyl halides is 3. The van der Waals surface area contributed by atoms with Gasteiger partial charge in [-0.1, -0.05) is 38.3 Å². The SMILES string of the molecule is CCCN1CC[C@H](NCc2ccc(SC)cc2)[C@H](NC(=O)CNC(=O)c2cc(C(F)(F)F)ccc2NC2CCCCC2)C1. The van der Waals surface area contributed by atoms with Gasteiger partial charge in [-0.05, 0) is 80.9 Å². The van der Waals surface area contributed by atoms with E-state index in [1.54, 1.807) is 11.8 Å². The number of carbonyl (C=O) groups is 2. The van der Waals surface area contributed by atoms with Gasteiger partial charge in [-0.15, -0.1) is 11.8 Å². The van der Waals surface area contributed by atoms with Crippen LogP contribution in [0.2, 0.25) is 0 Å². The van der Waals surface area contributed by atoms with E-state index >= 15 is 0 Å². The summed E-state index contributed by atoms with van der Waals surface area (Å²) in [6.45, 7) is 4.99. The molecule has 2 atom stereocenters. The molecule has 2 aromatic rings. The number of hydrogen-bond acceptors (Lipinski definition) is 6. The lowest BCUT2D eigenvalue weighted by Gasteiger charge is -2.39. The van der Waals surface area contributed by atoms with E-state index in [0.29, 0.717) is 18.8 Å². The highest BCUT2D eigenvalue weighted by atomic mass is 32.2. The molecule has 7 nitrogen and oxygen atoms in total. The molecular weight excluding hydrogens is 575 g/mol. The van der Waals surface area contributed by atoms with Gasteiger partial charge in [0.2, 0.25) is 5.91 Å². The minimum Gasteiger partial charge on any atom is -0.382 e. The molecule has 0 radical (unpaired) electrons. The van der Waals surface area contributed by atoms with Crippen LogP contribution in [0.4, 0.5) is 18.9 Å². The minimum absolute atomic E-state index is 0.0442. The van der Waals surface area contributed by atoms with Crippen molar-refractivity contribution >= 4 is 29.3 Å². The van der Waals surface area contributed by atoms with Gasteiger partial charge in [0, 0.05) is 35.8 Å². The van der Waals surface area contributed by atoms with Gasteiger partial charge in [-0.2, -0.15) is 13.2 Å². The van der Waals surface area contributed by atoms with Gasteiger partial charge in [0.25, 0.3) is 5.91 Å². The number of rotatable bonds is 12. The van der Waals surface area contributed by atoms with E-state index in [4.69, 9.17) is 0 Å². The van der Waals surface area contributed by atoms with Crippen molar-refractivity contribution in [2.24, 2.45) is 0 Å². The van der Waals surface area contributed by atoms with Crippen LogP contribution < -0.4 is 21.3 Å². The molecule has 11 heteroatoms. The van der Waals surface area contributed by atoms with Crippen molar-refractivity contribution in [2.75, 3.05) is 37.8 Å². The van der Waals surface area contributed by atoms with Crippen LogP contribution >= 0.6 is 11.8 Å². The molecule has 0 spiro atoms. The third-order valence-corrected chi connectivity index (χ3v) is 9.02. The number of halogens is 3. The van der Waals surface area contributed by atoms with Crippen molar-refractivity contribution in [3.63, 3.8) is 0 Å². The number of carbonyl (C=O) groups excluding carboxylic acids is 2. The summed E-state index contributed by atoms with van der Waals surface area (Å²) in [5.41, 5.74) is 0.513. The molecule has 2 fully saturated rings. The highest BCUT2D eigenvalue weighted by molar-refractivity contribution is 7.98. The van der Waals surface area contributed by atoms with Gasteiger partial charge in [0.15, 0.2) is 0 Å². The Labute approximate surface area is 257 Å². The Balaban J connectivity index is 1.39. The molecule has 1 heterocycles. The maximum atomic E-state index is 13.5. The van der Waals surface area contributed by atoms with Crippen molar-refractivity contribution in [3.8, 4) is 0 Å². The number of amides is 2. The fraction of sp³-hybridized carbons (Fsp3) is 0.562. The zero-order valence-corrected chi connectivity index (χ0v) is 25.9. The van der Waals surface area contributed by atoms with Crippen molar-refractivity contribution < 1.29 is 22.8 Å². The van der Waals surface area contributed by atoms with Crippen molar-refractivity contribution in [1.29, 1.82) is 0 Å². The standard InChI is InChI=1S/C32H44F3N5O2S/c1-3-16-40-17-15-28(36-19-22-9-12-25(43-2)13-10-22)29(21-40)39-30(41)20-37-31(42)26-18-23(32(33,34)35)11-14-27(26)38-24-7-5-4-6-8-24/h9-14,18,24,28-29,36,38H,3-8,15-17,19-21H2,1-2H3,(H,37,42)(H,39,41)/t28-,29+/m0/s1. The molecule has 43 heavy (non-hydrogen) atoms. The monoisotopic (exact) mass is 619 g/mol. The van der Waals surface area contributed by atoms with Crippen LogP contribution in [0.5, 0.6) is 0 Å². The van der Waals surface area contributed by atoms with Crippen molar-refractivity contribution in [3.05, 3.63) is 59.2 Å². The van der Waals surface area contributed by atoms with Crippen LogP contribution in [0.15, 0.2) is 47.4 Å². The molecule has 1 saturated heterocycles. The number of anilines is 1. The Morgan fingerprint density at radius 2 is 1.74 bits per heavy atom. The van der Waals surface area contributed by atoms with Crippen LogP contribution in [0.3, 0.4) is 0 Å². The lowest BCUT2D eigenvalue weighted by atomic mass is 9.95. The molecule has 0 unspecified atom stereocenters. The number of nitrogens with one attached hydrogen (secondary N) is 4. The number of piperidine rings is 1. The maximum absolute atomic E-state index is 13.5. The first-order valence-corrected chi connectivity index (χ1v) is 16.5. The van der Waals surface area contributed by atoms with Crippen LogP contribution in [0.25, 0.3) is 0 Å². The molecule has 1 saturated carbocycles. The Kier molecular flexibility index (Phi) is 12.2. The van der Waals surface area contributed by atoms with Gasteiger partial charge in [-0.3, -0.25) is 9.59 Å². The number of hydrogen-bond donors (Lipinski definition) is 4. The topological polar surface area (TPSA) is 85.5 Å². The molecule has 2 amide bonds. The number of benzene rings is 2. The molecule has 0 bridgehead atoms. The minimum atomic E-state index is -4.58. The average Bonchev–Trinajstić information content (AvgIpc) is 3.00. The molecule has 1 aliphatic heterocycles. The summed E-state index contributed by atoms with van der Waals surface area (Å²) in [6.07, 6.45) is 4.34. The number of thioether (sulfide) groups is 1. The Bertz CT molecular complexity index is 1200. The Morgan fingerprint density at radius 1 is 1.00 bits per heavy atom. The van der Waals surface area contributed by atoms with Gasteiger partial charge < -0.3 is 26.2 Å². The lowest BCUT2D eigenvalue weighted by Crippen LogP contribution is -2.60. The predicted molar refractivity (Wildman–Crippen MR) is 166 cm³/mol. The summed E-state index contributed by atoms with van der Waals surface area (Å²) in [5.74, 6) is -1.08. The quantitative estimate of drug-likeness (QED) is 0.230. The predicted octanol–water partition coefficient (Wildman–Crippen LogP) is 5.66. The normalized spacial score (nSPS) is 20.0. The highest BCUT2D eigenvalue weighted by Gasteiger charge is 2.33. The fourth-order valence-corrected chi connectivity index (χ4v) is 6.34. The molecule has 4 N–H and O–H groups in total. The maximum Gasteiger partial charge on any atom is 0.416 e. The molecule has 0 aromatic heterocycles. The first-order chi connectivity index (χ1) is 20.7. The van der Waals surface area contributed by atoms with E-state index in [1.807, 2.05) is 6.26 Å². The molecular formula is C32H44F3N5O2S. The lowest BCUT2D eigenvalue weighted by molar-refractivity contribution is -0.137. The summed E-state index contributed by atoms with van der Waals surface area (Å²) in [5, 5.41) is 12.5. The fourth-order valence-electron chi connectivity index (χ4n) is 5.94. The Hall–Kier alpha value is -2.76. The van der Waals surface area contributed by atoms with E-state index < -0.39 is 17.6 Å². The van der Waals surface area contributed by atoms with Crippen LogP contribution in [-0.4, -0.2) is 67.3 Å². The van der Waals surface area contributed by atoms with Crippen molar-refractivity contribution in [1.82, 2.24) is 20.9 Å².